The van der Waals surface area contributed by atoms with Gasteiger partial charge in [0, 0.05) is 5.92 Å². The molecule has 3 aromatic carbocycles. The summed E-state index contributed by atoms with van der Waals surface area (Å²) < 4.78 is 16.6. The molecular formula is C29H26N2O5. The highest BCUT2D eigenvalue weighted by molar-refractivity contribution is 5.88. The van der Waals surface area contributed by atoms with Crippen molar-refractivity contribution in [1.82, 2.24) is 10.3 Å². The number of nitrogens with one attached hydrogen (secondary N) is 1. The number of carbonyl (C=O) groups excluding carboxylic acids is 2. The predicted octanol–water partition coefficient (Wildman–Crippen LogP) is 5.94. The van der Waals surface area contributed by atoms with Gasteiger partial charge in [-0.05, 0) is 41.7 Å². The highest BCUT2D eigenvalue weighted by Crippen LogP contribution is 2.44. The Morgan fingerprint density at radius 3 is 2.19 bits per heavy atom. The molecule has 0 saturated heterocycles. The third-order valence-corrected chi connectivity index (χ3v) is 6.27. The van der Waals surface area contributed by atoms with Crippen LogP contribution in [0.4, 0.5) is 4.79 Å². The van der Waals surface area contributed by atoms with E-state index in [-0.39, 0.29) is 30.7 Å². The molecular weight excluding hydrogens is 456 g/mol. The first-order valence-electron chi connectivity index (χ1n) is 11.8. The summed E-state index contributed by atoms with van der Waals surface area (Å²) in [6, 6.07) is 25.1. The highest BCUT2D eigenvalue weighted by Gasteiger charge is 2.29. The van der Waals surface area contributed by atoms with Gasteiger partial charge in [0.1, 0.15) is 25.0 Å². The lowest BCUT2D eigenvalue weighted by Gasteiger charge is -2.16. The fourth-order valence-electron chi connectivity index (χ4n) is 4.46. The Kier molecular flexibility index (Phi) is 6.54. The van der Waals surface area contributed by atoms with Crippen LogP contribution in [0, 0.1) is 6.92 Å². The molecule has 1 aromatic heterocycles. The number of amides is 1. The number of aromatic nitrogens is 1. The number of carbonyl (C=O) groups is 2. The number of alkyl carbamates (subject to hydrolysis) is 1. The standard InChI is InChI=1S/C29H26N2O5/c1-18(27-31-26(19(2)36-27)28(32)34-16-20-10-4-3-5-11-20)30-29(33)35-17-25-23-14-8-6-12-21(23)22-13-7-9-15-24(22)25/h3-15,18,25H,16-17H2,1-2H3,(H,30,33)/t18-/m1/s1. The van der Waals surface area contributed by atoms with Crippen LogP contribution in [-0.4, -0.2) is 23.7 Å². The van der Waals surface area contributed by atoms with Gasteiger partial charge in [0.25, 0.3) is 0 Å². The summed E-state index contributed by atoms with van der Waals surface area (Å²) in [6.07, 6.45) is -0.589. The average Bonchev–Trinajstić information content (AvgIpc) is 3.45. The smallest absolute Gasteiger partial charge is 0.407 e. The molecule has 0 spiro atoms. The van der Waals surface area contributed by atoms with Crippen LogP contribution in [0.15, 0.2) is 83.3 Å². The fraction of sp³-hybridized carbons (Fsp3) is 0.207. The van der Waals surface area contributed by atoms with Gasteiger partial charge in [0.05, 0.1) is 0 Å². The van der Waals surface area contributed by atoms with Crippen molar-refractivity contribution in [2.24, 2.45) is 0 Å². The van der Waals surface area contributed by atoms with E-state index in [0.717, 1.165) is 27.8 Å². The first kappa shape index (κ1) is 23.4. The van der Waals surface area contributed by atoms with Crippen molar-refractivity contribution < 1.29 is 23.5 Å². The lowest BCUT2D eigenvalue weighted by molar-refractivity contribution is 0.0464. The van der Waals surface area contributed by atoms with Crippen molar-refractivity contribution in [3.63, 3.8) is 0 Å². The molecule has 182 valence electrons. The first-order chi connectivity index (χ1) is 17.5. The SMILES string of the molecule is Cc1oc([C@@H](C)NC(=O)OCC2c3ccccc3-c3ccccc32)nc1C(=O)OCc1ccccc1. The zero-order valence-electron chi connectivity index (χ0n) is 20.1. The van der Waals surface area contributed by atoms with E-state index in [1.165, 1.54) is 0 Å². The molecule has 1 heterocycles. The number of hydrogen-bond donors (Lipinski definition) is 1. The van der Waals surface area contributed by atoms with Gasteiger partial charge in [0.15, 0.2) is 5.69 Å². The first-order valence-corrected chi connectivity index (χ1v) is 11.8. The Labute approximate surface area is 209 Å². The number of hydrogen-bond acceptors (Lipinski definition) is 6. The van der Waals surface area contributed by atoms with Gasteiger partial charge in [0.2, 0.25) is 5.89 Å². The number of fused-ring (bicyclic) bond motifs is 3. The minimum Gasteiger partial charge on any atom is -0.456 e. The Morgan fingerprint density at radius 1 is 0.917 bits per heavy atom. The van der Waals surface area contributed by atoms with Crippen molar-refractivity contribution in [2.75, 3.05) is 6.61 Å². The normalized spacial score (nSPS) is 12.9. The summed E-state index contributed by atoms with van der Waals surface area (Å²) in [7, 11) is 0. The second-order valence-corrected chi connectivity index (χ2v) is 8.71. The topological polar surface area (TPSA) is 90.7 Å². The molecule has 1 aliphatic carbocycles. The average molecular weight is 483 g/mol. The summed E-state index contributed by atoms with van der Waals surface area (Å²) in [5.41, 5.74) is 5.57. The molecule has 0 bridgehead atoms. The maximum absolute atomic E-state index is 12.6. The van der Waals surface area contributed by atoms with Crippen LogP contribution in [0.5, 0.6) is 0 Å². The molecule has 0 fully saturated rings. The van der Waals surface area contributed by atoms with Gasteiger partial charge < -0.3 is 19.2 Å². The van der Waals surface area contributed by atoms with E-state index >= 15 is 0 Å². The Morgan fingerprint density at radius 2 is 1.53 bits per heavy atom. The van der Waals surface area contributed by atoms with Gasteiger partial charge in [-0.15, -0.1) is 0 Å². The summed E-state index contributed by atoms with van der Waals surface area (Å²) in [4.78, 5) is 29.3. The van der Waals surface area contributed by atoms with Crippen LogP contribution in [0.25, 0.3) is 11.1 Å². The molecule has 1 aliphatic rings. The summed E-state index contributed by atoms with van der Waals surface area (Å²) >= 11 is 0. The number of benzene rings is 3. The van der Waals surface area contributed by atoms with Crippen LogP contribution in [-0.2, 0) is 16.1 Å². The molecule has 36 heavy (non-hydrogen) atoms. The lowest BCUT2D eigenvalue weighted by Crippen LogP contribution is -2.29. The number of oxazole rings is 1. The number of ether oxygens (including phenoxy) is 2. The maximum Gasteiger partial charge on any atom is 0.407 e. The van der Waals surface area contributed by atoms with E-state index in [2.05, 4.69) is 34.6 Å². The molecule has 7 heteroatoms. The largest absolute Gasteiger partial charge is 0.456 e. The van der Waals surface area contributed by atoms with Crippen molar-refractivity contribution >= 4 is 12.1 Å². The minimum atomic E-state index is -0.602. The number of esters is 1. The second kappa shape index (κ2) is 10.1. The third-order valence-electron chi connectivity index (χ3n) is 6.27. The minimum absolute atomic E-state index is 0.0339. The van der Waals surface area contributed by atoms with Gasteiger partial charge in [-0.3, -0.25) is 0 Å². The van der Waals surface area contributed by atoms with Gasteiger partial charge in [-0.25, -0.2) is 14.6 Å². The van der Waals surface area contributed by atoms with E-state index in [0.29, 0.717) is 5.76 Å². The molecule has 1 N–H and O–H groups in total. The molecule has 1 atom stereocenters. The Bertz CT molecular complexity index is 1350. The van der Waals surface area contributed by atoms with Crippen LogP contribution in [0.2, 0.25) is 0 Å². The summed E-state index contributed by atoms with van der Waals surface area (Å²) in [5.74, 6) is -0.0926. The molecule has 0 aliphatic heterocycles. The Hall–Kier alpha value is -4.39. The van der Waals surface area contributed by atoms with Crippen molar-refractivity contribution in [3.8, 4) is 11.1 Å². The molecule has 0 saturated carbocycles. The molecule has 0 radical (unpaired) electrons. The molecule has 0 unspecified atom stereocenters. The van der Waals surface area contributed by atoms with Gasteiger partial charge >= 0.3 is 12.1 Å². The second-order valence-electron chi connectivity index (χ2n) is 8.71. The van der Waals surface area contributed by atoms with Crippen molar-refractivity contribution in [1.29, 1.82) is 0 Å². The molecule has 4 aromatic rings. The molecule has 5 rings (SSSR count). The quantitative estimate of drug-likeness (QED) is 0.328. The fourth-order valence-corrected chi connectivity index (χ4v) is 4.46. The van der Waals surface area contributed by atoms with Crippen molar-refractivity contribution in [3.05, 3.63) is 113 Å². The number of nitrogens with zero attached hydrogens (tertiary/aromatic N) is 1. The zero-order chi connectivity index (χ0) is 25.1. The van der Waals surface area contributed by atoms with E-state index in [1.54, 1.807) is 13.8 Å². The monoisotopic (exact) mass is 482 g/mol. The number of rotatable bonds is 7. The zero-order valence-corrected chi connectivity index (χ0v) is 20.1. The van der Waals surface area contributed by atoms with Gasteiger partial charge in [-0.1, -0.05) is 78.9 Å². The van der Waals surface area contributed by atoms with E-state index in [1.807, 2.05) is 54.6 Å². The summed E-state index contributed by atoms with van der Waals surface area (Å²) in [5, 5.41) is 2.74. The molecule has 7 nitrogen and oxygen atoms in total. The van der Waals surface area contributed by atoms with Crippen LogP contribution in [0.3, 0.4) is 0 Å². The van der Waals surface area contributed by atoms with Crippen LogP contribution < -0.4 is 5.32 Å². The predicted molar refractivity (Wildman–Crippen MR) is 133 cm³/mol. The Balaban J connectivity index is 1.19. The highest BCUT2D eigenvalue weighted by atomic mass is 16.5. The van der Waals surface area contributed by atoms with Crippen molar-refractivity contribution in [2.45, 2.75) is 32.4 Å². The summed E-state index contributed by atoms with van der Waals surface area (Å²) in [6.45, 7) is 3.69. The maximum atomic E-state index is 12.6. The third kappa shape index (κ3) is 4.73. The number of aryl methyl sites for hydroxylation is 1. The molecule has 1 amide bonds. The van der Waals surface area contributed by atoms with E-state index < -0.39 is 18.1 Å². The van der Waals surface area contributed by atoms with Crippen LogP contribution >= 0.6 is 0 Å². The lowest BCUT2D eigenvalue weighted by atomic mass is 9.98. The van der Waals surface area contributed by atoms with Gasteiger partial charge in [-0.2, -0.15) is 0 Å². The van der Waals surface area contributed by atoms with E-state index in [4.69, 9.17) is 13.9 Å². The van der Waals surface area contributed by atoms with Crippen LogP contribution in [0.1, 0.15) is 57.7 Å². The van der Waals surface area contributed by atoms with E-state index in [9.17, 15) is 9.59 Å².